The molecule has 0 saturated carbocycles. The van der Waals surface area contributed by atoms with Crippen molar-refractivity contribution >= 4 is 54.7 Å². The van der Waals surface area contributed by atoms with Crippen molar-refractivity contribution in [1.29, 1.82) is 0 Å². The van der Waals surface area contributed by atoms with Crippen LogP contribution in [-0.4, -0.2) is 35.3 Å². The van der Waals surface area contributed by atoms with Crippen molar-refractivity contribution in [2.75, 3.05) is 17.7 Å². The van der Waals surface area contributed by atoms with Gasteiger partial charge in [-0.05, 0) is 35.9 Å². The van der Waals surface area contributed by atoms with E-state index in [1.807, 2.05) is 60.9 Å². The molecule has 3 heterocycles. The fourth-order valence-corrected chi connectivity index (χ4v) is 6.65. The molecule has 5 aromatic rings. The fraction of sp³-hybridized carbons (Fsp3) is 0.133. The van der Waals surface area contributed by atoms with Crippen molar-refractivity contribution in [3.8, 4) is 5.69 Å². The van der Waals surface area contributed by atoms with Crippen LogP contribution in [0.3, 0.4) is 0 Å². The van der Waals surface area contributed by atoms with Gasteiger partial charge in [0.15, 0.2) is 12.4 Å². The highest BCUT2D eigenvalue weighted by molar-refractivity contribution is 7.85. The van der Waals surface area contributed by atoms with Gasteiger partial charge in [-0.15, -0.1) is 0 Å². The first-order chi connectivity index (χ1) is 18.9. The maximum atomic E-state index is 11.4. The lowest BCUT2D eigenvalue weighted by atomic mass is 9.97. The Morgan fingerprint density at radius 2 is 1.74 bits per heavy atom. The molecule has 0 aliphatic carbocycles. The quantitative estimate of drug-likeness (QED) is 0.206. The third kappa shape index (κ3) is 5.04. The second-order valence-electron chi connectivity index (χ2n) is 9.36. The molecule has 6 rings (SSSR count). The van der Waals surface area contributed by atoms with Gasteiger partial charge < -0.3 is 4.90 Å². The van der Waals surface area contributed by atoms with Crippen LogP contribution in [0.25, 0.3) is 33.3 Å². The van der Waals surface area contributed by atoms with E-state index in [4.69, 9.17) is 4.98 Å². The summed E-state index contributed by atoms with van der Waals surface area (Å²) < 4.78 is 37.4. The molecule has 0 unspecified atom stereocenters. The molecule has 39 heavy (non-hydrogen) atoms. The summed E-state index contributed by atoms with van der Waals surface area (Å²) in [6.07, 6.45) is 8.43. The normalized spacial score (nSPS) is 14.6. The minimum absolute atomic E-state index is 0.278. The number of benzene rings is 3. The van der Waals surface area contributed by atoms with Gasteiger partial charge in [0.1, 0.15) is 4.70 Å². The third-order valence-electron chi connectivity index (χ3n) is 6.83. The van der Waals surface area contributed by atoms with Gasteiger partial charge in [0.05, 0.1) is 11.4 Å². The lowest BCUT2D eigenvalue weighted by molar-refractivity contribution is -0.668. The first kappa shape index (κ1) is 25.2. The van der Waals surface area contributed by atoms with Crippen LogP contribution in [0.5, 0.6) is 0 Å². The summed E-state index contributed by atoms with van der Waals surface area (Å²) in [6, 6.07) is 26.6. The molecule has 7 nitrogen and oxygen atoms in total. The Kier molecular flexibility index (Phi) is 6.64. The minimum Gasteiger partial charge on any atom is -0.341 e. The van der Waals surface area contributed by atoms with E-state index in [9.17, 15) is 13.0 Å². The molecule has 196 valence electrons. The van der Waals surface area contributed by atoms with Gasteiger partial charge in [-0.2, -0.15) is 13.0 Å². The summed E-state index contributed by atoms with van der Waals surface area (Å²) in [5, 5.41) is 1.00. The van der Waals surface area contributed by atoms with Crippen molar-refractivity contribution in [2.45, 2.75) is 13.0 Å². The van der Waals surface area contributed by atoms with Crippen LogP contribution in [0, 0.1) is 0 Å². The van der Waals surface area contributed by atoms with Crippen LogP contribution in [0.1, 0.15) is 22.8 Å². The summed E-state index contributed by atoms with van der Waals surface area (Å²) in [5.41, 5.74) is 6.25. The lowest BCUT2D eigenvalue weighted by Gasteiger charge is -2.30. The van der Waals surface area contributed by atoms with Crippen LogP contribution in [0.4, 0.5) is 5.69 Å². The molecule has 3 aromatic carbocycles. The molecule has 0 spiro atoms. The number of aromatic nitrogens is 3. The Hall–Kier alpha value is -4.05. The van der Waals surface area contributed by atoms with Crippen molar-refractivity contribution < 1.29 is 17.5 Å². The van der Waals surface area contributed by atoms with Crippen LogP contribution in [0.2, 0.25) is 0 Å². The van der Waals surface area contributed by atoms with Gasteiger partial charge in [-0.25, -0.2) is 4.98 Å². The molecule has 9 heteroatoms. The second kappa shape index (κ2) is 10.3. The highest BCUT2D eigenvalue weighted by atomic mass is 32.2. The van der Waals surface area contributed by atoms with Crippen LogP contribution in [0.15, 0.2) is 97.3 Å². The maximum Gasteiger partial charge on any atom is 0.265 e. The van der Waals surface area contributed by atoms with E-state index in [-0.39, 0.29) is 5.75 Å². The summed E-state index contributed by atoms with van der Waals surface area (Å²) >= 11 is 1.66. The van der Waals surface area contributed by atoms with Crippen LogP contribution >= 0.6 is 11.3 Å². The summed E-state index contributed by atoms with van der Waals surface area (Å²) in [4.78, 5) is 6.91. The van der Waals surface area contributed by atoms with E-state index in [1.165, 1.54) is 0 Å². The zero-order chi connectivity index (χ0) is 27.0. The van der Waals surface area contributed by atoms with Crippen LogP contribution < -0.4 is 9.47 Å². The summed E-state index contributed by atoms with van der Waals surface area (Å²) in [7, 11) is -1.97. The monoisotopic (exact) mass is 555 g/mol. The molecule has 1 N–H and O–H groups in total. The number of para-hydroxylation sites is 3. The molecule has 0 fully saturated rings. The smallest absolute Gasteiger partial charge is 0.265 e. The summed E-state index contributed by atoms with van der Waals surface area (Å²) in [5.74, 6) is 0.557. The van der Waals surface area contributed by atoms with E-state index in [1.54, 1.807) is 11.3 Å². The molecule has 2 aromatic heterocycles. The van der Waals surface area contributed by atoms with Crippen LogP contribution in [-0.2, 0) is 16.7 Å². The Balaban J connectivity index is 1.49. The molecule has 0 amide bonds. The molecular weight excluding hydrogens is 528 g/mol. The number of thiazole rings is 1. The number of imidazole rings is 1. The number of hydrogen-bond donors (Lipinski definition) is 1. The number of anilines is 1. The zero-order valence-corrected chi connectivity index (χ0v) is 22.9. The number of fused-ring (bicyclic) bond motifs is 2. The molecular formula is C30H27N4O3S2+. The zero-order valence-electron chi connectivity index (χ0n) is 21.3. The molecule has 1 aliphatic heterocycles. The highest BCUT2D eigenvalue weighted by Gasteiger charge is 2.26. The largest absolute Gasteiger partial charge is 0.341 e. The Morgan fingerprint density at radius 1 is 1.00 bits per heavy atom. The summed E-state index contributed by atoms with van der Waals surface area (Å²) in [6.45, 7) is 0.472. The lowest BCUT2D eigenvalue weighted by Crippen LogP contribution is -2.36. The Morgan fingerprint density at radius 3 is 2.56 bits per heavy atom. The third-order valence-corrected chi connectivity index (χ3v) is 8.75. The van der Waals surface area contributed by atoms with Crippen molar-refractivity contribution in [1.82, 2.24) is 9.55 Å². The fourth-order valence-electron chi connectivity index (χ4n) is 5.01. The molecule has 0 bridgehead atoms. The number of rotatable bonds is 7. The number of nitrogens with zero attached hydrogens (tertiary/aromatic N) is 4. The average Bonchev–Trinajstić information content (AvgIpc) is 3.55. The number of allylic oxidation sites excluding steroid dienone is 2. The van der Waals surface area contributed by atoms with Crippen molar-refractivity contribution in [3.63, 3.8) is 0 Å². The topological polar surface area (TPSA) is 79.3 Å². The van der Waals surface area contributed by atoms with Gasteiger partial charge in [0.2, 0.25) is 5.52 Å². The molecule has 0 radical (unpaired) electrons. The first-order valence-electron chi connectivity index (χ1n) is 12.6. The van der Waals surface area contributed by atoms with E-state index in [0.717, 1.165) is 49.3 Å². The van der Waals surface area contributed by atoms with E-state index in [0.29, 0.717) is 13.0 Å². The van der Waals surface area contributed by atoms with E-state index >= 15 is 0 Å². The van der Waals surface area contributed by atoms with Gasteiger partial charge >= 0.3 is 0 Å². The maximum absolute atomic E-state index is 11.4. The average molecular weight is 556 g/mol. The predicted molar refractivity (Wildman–Crippen MR) is 157 cm³/mol. The van der Waals surface area contributed by atoms with E-state index in [2.05, 4.69) is 63.6 Å². The second-order valence-corrected chi connectivity index (χ2v) is 12.0. The SMILES string of the molecule is CN1C(c2nccn2-c2ccccc2)=C/C(=C\c2sc3ccccc3[n+]2CCCS(=O)(=O)O)c2ccccc21. The van der Waals surface area contributed by atoms with Gasteiger partial charge in [0.25, 0.3) is 15.1 Å². The number of aryl methyl sites for hydroxylation is 1. The Bertz CT molecular complexity index is 1840. The molecule has 0 saturated heterocycles. The molecule has 1 aliphatic rings. The Labute approximate surface area is 231 Å². The first-order valence-corrected chi connectivity index (χ1v) is 15.0. The molecule has 0 atom stereocenters. The van der Waals surface area contributed by atoms with Gasteiger partial charge in [-0.3, -0.25) is 9.12 Å². The van der Waals surface area contributed by atoms with Crippen molar-refractivity contribution in [2.24, 2.45) is 0 Å². The van der Waals surface area contributed by atoms with Crippen molar-refractivity contribution in [3.05, 3.63) is 114 Å². The van der Waals surface area contributed by atoms with Gasteiger partial charge in [0, 0.05) is 54.9 Å². The standard InChI is InChI=1S/C30H26N4O3S2/c1-32-25-13-6-5-12-24(25)22(20-27(32)30-31-16-18-33(30)23-10-3-2-4-11-23)21-29-34(17-9-19-39(35,36)37)26-14-7-8-15-28(26)38-29/h2-8,10-16,18,20-21H,9,17,19H2,1H3/p+1. The number of hydrogen-bond acceptors (Lipinski definition) is 5. The highest BCUT2D eigenvalue weighted by Crippen LogP contribution is 2.40. The van der Waals surface area contributed by atoms with E-state index < -0.39 is 10.1 Å². The minimum atomic E-state index is -4.03. The predicted octanol–water partition coefficient (Wildman–Crippen LogP) is 5.68. The van der Waals surface area contributed by atoms with Gasteiger partial charge in [-0.1, -0.05) is 59.9 Å².